The molecule has 2 amide bonds. The molecule has 0 aromatic rings. The van der Waals surface area contributed by atoms with Gasteiger partial charge in [-0.25, -0.2) is 0 Å². The lowest BCUT2D eigenvalue weighted by atomic mass is 10.0. The standard InChI is InChI=1S/C14H25N3O3/c1-2-4-13(18)16-11-5-3-7-17(9-11)14(19)12-10-20-8-6-15-12/h11-12,15H,2-10H2,1H3,(H,16,18). The van der Waals surface area contributed by atoms with Crippen LogP contribution in [0.3, 0.4) is 0 Å². The molecule has 114 valence electrons. The molecule has 2 unspecified atom stereocenters. The summed E-state index contributed by atoms with van der Waals surface area (Å²) in [7, 11) is 0. The second kappa shape index (κ2) is 7.59. The molecule has 2 aliphatic heterocycles. The summed E-state index contributed by atoms with van der Waals surface area (Å²) >= 11 is 0. The summed E-state index contributed by atoms with van der Waals surface area (Å²) in [4.78, 5) is 25.9. The van der Waals surface area contributed by atoms with Crippen molar-refractivity contribution < 1.29 is 14.3 Å². The van der Waals surface area contributed by atoms with Crippen LogP contribution in [0.15, 0.2) is 0 Å². The molecule has 2 N–H and O–H groups in total. The van der Waals surface area contributed by atoms with E-state index in [0.717, 1.165) is 32.4 Å². The van der Waals surface area contributed by atoms with Crippen LogP contribution in [-0.2, 0) is 14.3 Å². The highest BCUT2D eigenvalue weighted by molar-refractivity contribution is 5.82. The molecular formula is C14H25N3O3. The summed E-state index contributed by atoms with van der Waals surface area (Å²) in [5, 5.41) is 6.21. The van der Waals surface area contributed by atoms with E-state index in [1.807, 2.05) is 11.8 Å². The predicted octanol–water partition coefficient (Wildman–Crippen LogP) is -0.118. The van der Waals surface area contributed by atoms with Crippen molar-refractivity contribution in [2.75, 3.05) is 32.8 Å². The molecule has 2 atom stereocenters. The van der Waals surface area contributed by atoms with E-state index in [1.54, 1.807) is 0 Å². The summed E-state index contributed by atoms with van der Waals surface area (Å²) in [6, 6.07) is -0.134. The summed E-state index contributed by atoms with van der Waals surface area (Å²) in [5.41, 5.74) is 0. The zero-order chi connectivity index (χ0) is 14.4. The number of carbonyl (C=O) groups excluding carboxylic acids is 2. The second-order valence-electron chi connectivity index (χ2n) is 5.52. The Bertz CT molecular complexity index is 343. The lowest BCUT2D eigenvalue weighted by Crippen LogP contribution is -2.57. The van der Waals surface area contributed by atoms with Gasteiger partial charge in [-0.15, -0.1) is 0 Å². The topological polar surface area (TPSA) is 70.7 Å². The molecule has 0 aromatic carbocycles. The van der Waals surface area contributed by atoms with Gasteiger partial charge < -0.3 is 20.3 Å². The Morgan fingerprint density at radius 3 is 3.00 bits per heavy atom. The van der Waals surface area contributed by atoms with Gasteiger partial charge in [0, 0.05) is 32.1 Å². The van der Waals surface area contributed by atoms with Crippen LogP contribution in [0.25, 0.3) is 0 Å². The van der Waals surface area contributed by atoms with Crippen molar-refractivity contribution in [2.24, 2.45) is 0 Å². The highest BCUT2D eigenvalue weighted by atomic mass is 16.5. The van der Waals surface area contributed by atoms with Crippen molar-refractivity contribution in [3.63, 3.8) is 0 Å². The van der Waals surface area contributed by atoms with Gasteiger partial charge in [-0.1, -0.05) is 6.92 Å². The Morgan fingerprint density at radius 1 is 1.45 bits per heavy atom. The van der Waals surface area contributed by atoms with Crippen LogP contribution in [-0.4, -0.2) is 61.6 Å². The van der Waals surface area contributed by atoms with E-state index in [9.17, 15) is 9.59 Å². The minimum absolute atomic E-state index is 0.0888. The molecule has 2 heterocycles. The average Bonchev–Trinajstić information content (AvgIpc) is 2.48. The minimum atomic E-state index is -0.228. The maximum Gasteiger partial charge on any atom is 0.242 e. The van der Waals surface area contributed by atoms with Gasteiger partial charge in [0.05, 0.1) is 13.2 Å². The van der Waals surface area contributed by atoms with Gasteiger partial charge in [-0.05, 0) is 19.3 Å². The minimum Gasteiger partial charge on any atom is -0.378 e. The quantitative estimate of drug-likeness (QED) is 0.755. The molecule has 0 radical (unpaired) electrons. The molecular weight excluding hydrogens is 258 g/mol. The fraction of sp³-hybridized carbons (Fsp3) is 0.857. The first-order valence-electron chi connectivity index (χ1n) is 7.60. The summed E-state index contributed by atoms with van der Waals surface area (Å²) in [6.45, 7) is 5.22. The fourth-order valence-corrected chi connectivity index (χ4v) is 2.77. The third kappa shape index (κ3) is 4.18. The van der Waals surface area contributed by atoms with Gasteiger partial charge in [0.1, 0.15) is 6.04 Å². The zero-order valence-electron chi connectivity index (χ0n) is 12.2. The summed E-state index contributed by atoms with van der Waals surface area (Å²) in [6.07, 6.45) is 3.30. The third-order valence-corrected chi connectivity index (χ3v) is 3.79. The van der Waals surface area contributed by atoms with Crippen LogP contribution in [0.1, 0.15) is 32.6 Å². The van der Waals surface area contributed by atoms with E-state index < -0.39 is 0 Å². The number of morpholine rings is 1. The van der Waals surface area contributed by atoms with Crippen molar-refractivity contribution in [2.45, 2.75) is 44.7 Å². The highest BCUT2D eigenvalue weighted by Crippen LogP contribution is 2.12. The van der Waals surface area contributed by atoms with Crippen molar-refractivity contribution in [1.82, 2.24) is 15.5 Å². The van der Waals surface area contributed by atoms with Crippen molar-refractivity contribution in [1.29, 1.82) is 0 Å². The number of ether oxygens (including phenoxy) is 1. The van der Waals surface area contributed by atoms with Crippen molar-refractivity contribution in [3.8, 4) is 0 Å². The van der Waals surface area contributed by atoms with Crippen LogP contribution in [0.2, 0.25) is 0 Å². The van der Waals surface area contributed by atoms with Gasteiger partial charge in [0.25, 0.3) is 0 Å². The lowest BCUT2D eigenvalue weighted by molar-refractivity contribution is -0.138. The van der Waals surface area contributed by atoms with Gasteiger partial charge in [-0.2, -0.15) is 0 Å². The number of hydrogen-bond donors (Lipinski definition) is 2. The summed E-state index contributed by atoms with van der Waals surface area (Å²) in [5.74, 6) is 0.185. The van der Waals surface area contributed by atoms with Gasteiger partial charge in [-0.3, -0.25) is 9.59 Å². The van der Waals surface area contributed by atoms with Crippen molar-refractivity contribution >= 4 is 11.8 Å². The van der Waals surface area contributed by atoms with Crippen LogP contribution in [0, 0.1) is 0 Å². The highest BCUT2D eigenvalue weighted by Gasteiger charge is 2.30. The SMILES string of the molecule is CCCC(=O)NC1CCCN(C(=O)C2COCCN2)C1. The van der Waals surface area contributed by atoms with Crippen molar-refractivity contribution in [3.05, 3.63) is 0 Å². The molecule has 0 spiro atoms. The third-order valence-electron chi connectivity index (χ3n) is 3.79. The Kier molecular flexibility index (Phi) is 5.79. The van der Waals surface area contributed by atoms with E-state index in [2.05, 4.69) is 10.6 Å². The normalized spacial score (nSPS) is 27.1. The number of hydrogen-bond acceptors (Lipinski definition) is 4. The van der Waals surface area contributed by atoms with E-state index in [-0.39, 0.29) is 23.9 Å². The Morgan fingerprint density at radius 2 is 2.30 bits per heavy atom. The first kappa shape index (κ1) is 15.3. The smallest absolute Gasteiger partial charge is 0.242 e. The summed E-state index contributed by atoms with van der Waals surface area (Å²) < 4.78 is 5.34. The van der Waals surface area contributed by atoms with Gasteiger partial charge >= 0.3 is 0 Å². The van der Waals surface area contributed by atoms with E-state index in [1.165, 1.54) is 0 Å². The molecule has 20 heavy (non-hydrogen) atoms. The molecule has 2 fully saturated rings. The fourth-order valence-electron chi connectivity index (χ4n) is 2.77. The molecule has 0 aliphatic carbocycles. The Balaban J connectivity index is 1.82. The average molecular weight is 283 g/mol. The number of carbonyl (C=O) groups is 2. The maximum absolute atomic E-state index is 12.4. The van der Waals surface area contributed by atoms with Gasteiger partial charge in [0.2, 0.25) is 11.8 Å². The Hall–Kier alpha value is -1.14. The largest absolute Gasteiger partial charge is 0.378 e. The number of rotatable bonds is 4. The molecule has 0 saturated carbocycles. The molecule has 0 bridgehead atoms. The number of likely N-dealkylation sites (tertiary alicyclic amines) is 1. The molecule has 2 aliphatic rings. The monoisotopic (exact) mass is 283 g/mol. The number of nitrogens with zero attached hydrogens (tertiary/aromatic N) is 1. The van der Waals surface area contributed by atoms with E-state index in [0.29, 0.717) is 26.2 Å². The van der Waals surface area contributed by atoms with Crippen LogP contribution >= 0.6 is 0 Å². The molecule has 2 rings (SSSR count). The maximum atomic E-state index is 12.4. The number of nitrogens with one attached hydrogen (secondary N) is 2. The lowest BCUT2D eigenvalue weighted by Gasteiger charge is -2.36. The Labute approximate surface area is 120 Å². The molecule has 2 saturated heterocycles. The van der Waals surface area contributed by atoms with E-state index in [4.69, 9.17) is 4.74 Å². The number of amides is 2. The van der Waals surface area contributed by atoms with Crippen LogP contribution in [0.5, 0.6) is 0 Å². The zero-order valence-corrected chi connectivity index (χ0v) is 12.2. The van der Waals surface area contributed by atoms with Crippen LogP contribution in [0.4, 0.5) is 0 Å². The first-order valence-corrected chi connectivity index (χ1v) is 7.60. The second-order valence-corrected chi connectivity index (χ2v) is 5.52. The van der Waals surface area contributed by atoms with Crippen LogP contribution < -0.4 is 10.6 Å². The number of piperidine rings is 1. The molecule has 0 aromatic heterocycles. The van der Waals surface area contributed by atoms with E-state index >= 15 is 0 Å². The molecule has 6 nitrogen and oxygen atoms in total. The molecule has 6 heteroatoms. The first-order chi connectivity index (χ1) is 9.70. The van der Waals surface area contributed by atoms with Gasteiger partial charge in [0.15, 0.2) is 0 Å². The predicted molar refractivity (Wildman–Crippen MR) is 75.3 cm³/mol.